The molecule has 0 spiro atoms. The van der Waals surface area contributed by atoms with Crippen molar-refractivity contribution >= 4 is 17.3 Å². The van der Waals surface area contributed by atoms with E-state index < -0.39 is 16.6 Å². The van der Waals surface area contributed by atoms with E-state index in [-0.39, 0.29) is 17.8 Å². The van der Waals surface area contributed by atoms with Crippen LogP contribution >= 0.6 is 0 Å². The fraction of sp³-hybridized carbons (Fsp3) is 0.154. The molecule has 1 aromatic heterocycles. The number of carboxylic acid groups (broad SMARTS) is 1. The lowest BCUT2D eigenvalue weighted by Crippen LogP contribution is -2.07. The van der Waals surface area contributed by atoms with Crippen LogP contribution in [-0.4, -0.2) is 16.0 Å². The molecule has 0 radical (unpaired) electrons. The normalized spacial score (nSPS) is 10.2. The first-order valence-corrected chi connectivity index (χ1v) is 5.79. The Morgan fingerprint density at radius 1 is 1.40 bits per heavy atom. The molecule has 2 rings (SSSR count). The molecule has 0 unspecified atom stereocenters. The Morgan fingerprint density at radius 3 is 2.70 bits per heavy atom. The predicted molar refractivity (Wildman–Crippen MR) is 70.8 cm³/mol. The lowest BCUT2D eigenvalue weighted by molar-refractivity contribution is -0.384. The maximum absolute atomic E-state index is 11.0. The van der Waals surface area contributed by atoms with Crippen LogP contribution < -0.4 is 5.32 Å². The highest BCUT2D eigenvalue weighted by Gasteiger charge is 2.24. The molecule has 0 saturated heterocycles. The molecule has 1 aromatic carbocycles. The Morgan fingerprint density at radius 2 is 2.15 bits per heavy atom. The maximum atomic E-state index is 11.0. The van der Waals surface area contributed by atoms with Gasteiger partial charge in [0.1, 0.15) is 22.8 Å². The molecule has 2 N–H and O–H groups in total. The highest BCUT2D eigenvalue weighted by Crippen LogP contribution is 2.29. The van der Waals surface area contributed by atoms with Crippen LogP contribution in [0.5, 0.6) is 0 Å². The van der Waals surface area contributed by atoms with Crippen LogP contribution in [0.25, 0.3) is 0 Å². The molecular formula is C13H12N2O5. The molecule has 0 bridgehead atoms. The summed E-state index contributed by atoms with van der Waals surface area (Å²) in [7, 11) is 0. The SMILES string of the molecule is Cc1ccc(CNc2cccc(C(=O)O)c2[N+](=O)[O-])o1. The first kappa shape index (κ1) is 13.6. The molecule has 0 fully saturated rings. The number of aromatic carboxylic acids is 1. The largest absolute Gasteiger partial charge is 0.477 e. The minimum atomic E-state index is -1.34. The minimum absolute atomic E-state index is 0.143. The maximum Gasteiger partial charge on any atom is 0.342 e. The van der Waals surface area contributed by atoms with Gasteiger partial charge >= 0.3 is 11.7 Å². The third kappa shape index (κ3) is 2.77. The van der Waals surface area contributed by atoms with Crippen LogP contribution in [-0.2, 0) is 6.54 Å². The molecule has 0 atom stereocenters. The van der Waals surface area contributed by atoms with E-state index >= 15 is 0 Å². The zero-order valence-corrected chi connectivity index (χ0v) is 10.6. The number of furan rings is 1. The van der Waals surface area contributed by atoms with Crippen LogP contribution in [0.3, 0.4) is 0 Å². The number of nitrogens with one attached hydrogen (secondary N) is 1. The average Bonchev–Trinajstić information content (AvgIpc) is 2.81. The van der Waals surface area contributed by atoms with Crippen LogP contribution in [0.4, 0.5) is 11.4 Å². The molecule has 20 heavy (non-hydrogen) atoms. The number of nitro benzene ring substituents is 1. The molecule has 1 heterocycles. The Hall–Kier alpha value is -2.83. The Bertz CT molecular complexity index is 663. The molecule has 7 heteroatoms. The van der Waals surface area contributed by atoms with Crippen molar-refractivity contribution in [1.29, 1.82) is 0 Å². The fourth-order valence-corrected chi connectivity index (χ4v) is 1.82. The van der Waals surface area contributed by atoms with Gasteiger partial charge in [-0.25, -0.2) is 4.79 Å². The van der Waals surface area contributed by atoms with Gasteiger partial charge in [0, 0.05) is 0 Å². The number of anilines is 1. The van der Waals surface area contributed by atoms with Crippen molar-refractivity contribution in [1.82, 2.24) is 0 Å². The third-order valence-electron chi connectivity index (χ3n) is 2.70. The minimum Gasteiger partial charge on any atom is -0.477 e. The Kier molecular flexibility index (Phi) is 3.69. The van der Waals surface area contributed by atoms with E-state index in [2.05, 4.69) is 5.32 Å². The summed E-state index contributed by atoms with van der Waals surface area (Å²) in [6, 6.07) is 7.63. The highest BCUT2D eigenvalue weighted by atomic mass is 16.6. The fourth-order valence-electron chi connectivity index (χ4n) is 1.82. The van der Waals surface area contributed by atoms with E-state index in [1.165, 1.54) is 18.2 Å². The summed E-state index contributed by atoms with van der Waals surface area (Å²) in [4.78, 5) is 21.3. The second-order valence-corrected chi connectivity index (χ2v) is 4.13. The van der Waals surface area contributed by atoms with Gasteiger partial charge in [0.25, 0.3) is 0 Å². The summed E-state index contributed by atoms with van der Waals surface area (Å²) >= 11 is 0. The van der Waals surface area contributed by atoms with Crippen LogP contribution in [0.15, 0.2) is 34.7 Å². The smallest absolute Gasteiger partial charge is 0.342 e. The second kappa shape index (κ2) is 5.43. The molecule has 0 amide bonds. The van der Waals surface area contributed by atoms with Gasteiger partial charge in [-0.05, 0) is 31.2 Å². The Labute approximate surface area is 114 Å². The van der Waals surface area contributed by atoms with Gasteiger partial charge in [0.05, 0.1) is 11.5 Å². The summed E-state index contributed by atoms with van der Waals surface area (Å²) in [5, 5.41) is 22.8. The van der Waals surface area contributed by atoms with Crippen molar-refractivity contribution in [3.8, 4) is 0 Å². The monoisotopic (exact) mass is 276 g/mol. The van der Waals surface area contributed by atoms with E-state index in [1.807, 2.05) is 0 Å². The summed E-state index contributed by atoms with van der Waals surface area (Å²) in [6.07, 6.45) is 0. The highest BCUT2D eigenvalue weighted by molar-refractivity contribution is 5.95. The summed E-state index contributed by atoms with van der Waals surface area (Å²) < 4.78 is 5.33. The second-order valence-electron chi connectivity index (χ2n) is 4.13. The number of nitrogens with zero attached hydrogens (tertiary/aromatic N) is 1. The summed E-state index contributed by atoms with van der Waals surface area (Å²) in [5.74, 6) is 0.00213. The van der Waals surface area contributed by atoms with E-state index in [0.717, 1.165) is 5.76 Å². The molecular weight excluding hydrogens is 264 g/mol. The van der Waals surface area contributed by atoms with Gasteiger partial charge in [-0.1, -0.05) is 6.07 Å². The topological polar surface area (TPSA) is 106 Å². The number of carboxylic acids is 1. The van der Waals surface area contributed by atoms with Gasteiger partial charge in [-0.3, -0.25) is 10.1 Å². The quantitative estimate of drug-likeness (QED) is 0.642. The van der Waals surface area contributed by atoms with Crippen molar-refractivity contribution in [3.63, 3.8) is 0 Å². The van der Waals surface area contributed by atoms with E-state index in [1.54, 1.807) is 19.1 Å². The number of aryl methyl sites for hydroxylation is 1. The van der Waals surface area contributed by atoms with Gasteiger partial charge in [-0.15, -0.1) is 0 Å². The average molecular weight is 276 g/mol. The Balaban J connectivity index is 2.29. The molecule has 0 saturated carbocycles. The molecule has 2 aromatic rings. The van der Waals surface area contributed by atoms with E-state index in [4.69, 9.17) is 9.52 Å². The number of nitro groups is 1. The predicted octanol–water partition coefficient (Wildman–Crippen LogP) is 2.81. The standard InChI is InChI=1S/C13H12N2O5/c1-8-5-6-9(20-8)7-14-11-4-2-3-10(13(16)17)12(11)15(18)19/h2-6,14H,7H2,1H3,(H,16,17). The van der Waals surface area contributed by atoms with Crippen molar-refractivity contribution < 1.29 is 19.2 Å². The first-order valence-electron chi connectivity index (χ1n) is 5.79. The zero-order chi connectivity index (χ0) is 14.7. The first-order chi connectivity index (χ1) is 9.49. The molecule has 7 nitrogen and oxygen atoms in total. The molecule has 0 aliphatic rings. The number of hydrogen-bond donors (Lipinski definition) is 2. The van der Waals surface area contributed by atoms with E-state index in [9.17, 15) is 14.9 Å². The van der Waals surface area contributed by atoms with Crippen LogP contribution in [0, 0.1) is 17.0 Å². The van der Waals surface area contributed by atoms with Crippen LogP contribution in [0.1, 0.15) is 21.9 Å². The van der Waals surface area contributed by atoms with Gasteiger partial charge in [0.15, 0.2) is 0 Å². The van der Waals surface area contributed by atoms with Crippen molar-refractivity contribution in [3.05, 3.63) is 57.5 Å². The van der Waals surface area contributed by atoms with Gasteiger partial charge in [0.2, 0.25) is 0 Å². The number of carbonyl (C=O) groups is 1. The van der Waals surface area contributed by atoms with E-state index in [0.29, 0.717) is 5.76 Å². The number of rotatable bonds is 5. The molecule has 0 aliphatic carbocycles. The van der Waals surface area contributed by atoms with Crippen molar-refractivity contribution in [2.75, 3.05) is 5.32 Å². The summed E-state index contributed by atoms with van der Waals surface area (Å²) in [6.45, 7) is 2.02. The molecule has 0 aliphatic heterocycles. The number of para-hydroxylation sites is 1. The number of benzene rings is 1. The number of hydrogen-bond acceptors (Lipinski definition) is 5. The third-order valence-corrected chi connectivity index (χ3v) is 2.70. The van der Waals surface area contributed by atoms with Crippen LogP contribution in [0.2, 0.25) is 0 Å². The van der Waals surface area contributed by atoms with Gasteiger partial charge in [-0.2, -0.15) is 0 Å². The summed E-state index contributed by atoms with van der Waals surface area (Å²) in [5.41, 5.74) is -0.664. The van der Waals surface area contributed by atoms with Gasteiger partial charge < -0.3 is 14.8 Å². The molecule has 104 valence electrons. The lowest BCUT2D eigenvalue weighted by atomic mass is 10.1. The van der Waals surface area contributed by atoms with Crippen molar-refractivity contribution in [2.45, 2.75) is 13.5 Å². The lowest BCUT2D eigenvalue weighted by Gasteiger charge is -2.07. The van der Waals surface area contributed by atoms with Crippen molar-refractivity contribution in [2.24, 2.45) is 0 Å². The zero-order valence-electron chi connectivity index (χ0n) is 10.6.